The summed E-state index contributed by atoms with van der Waals surface area (Å²) in [6.07, 6.45) is 3.58. The minimum absolute atomic E-state index is 0.0353. The molecule has 0 amide bonds. The molecule has 2 aliphatic heterocycles. The summed E-state index contributed by atoms with van der Waals surface area (Å²) >= 11 is 1.99. The Bertz CT molecular complexity index is 413. The lowest BCUT2D eigenvalue weighted by molar-refractivity contribution is 0.118. The van der Waals surface area contributed by atoms with Crippen molar-refractivity contribution in [1.82, 2.24) is 0 Å². The Labute approximate surface area is 107 Å². The van der Waals surface area contributed by atoms with E-state index in [1.54, 1.807) is 0 Å². The molecule has 0 aliphatic carbocycles. The van der Waals surface area contributed by atoms with Gasteiger partial charge in [-0.2, -0.15) is 11.8 Å². The number of nitrogens with one attached hydrogen (secondary N) is 1. The first-order valence-electron chi connectivity index (χ1n) is 6.39. The number of anilines is 1. The van der Waals surface area contributed by atoms with Crippen LogP contribution in [0.25, 0.3) is 0 Å². The van der Waals surface area contributed by atoms with Gasteiger partial charge in [-0.1, -0.05) is 6.07 Å². The van der Waals surface area contributed by atoms with E-state index in [1.807, 2.05) is 11.8 Å². The highest BCUT2D eigenvalue weighted by Gasteiger charge is 2.31. The van der Waals surface area contributed by atoms with E-state index < -0.39 is 0 Å². The van der Waals surface area contributed by atoms with Crippen LogP contribution in [0.5, 0.6) is 5.75 Å². The highest BCUT2D eigenvalue weighted by atomic mass is 32.2. The molecule has 1 unspecified atom stereocenters. The maximum Gasteiger partial charge on any atom is 0.122 e. The lowest BCUT2D eigenvalue weighted by Crippen LogP contribution is -2.31. The second kappa shape index (κ2) is 4.45. The lowest BCUT2D eigenvalue weighted by Gasteiger charge is -2.26. The molecule has 1 aromatic rings. The number of ether oxygens (including phenoxy) is 1. The minimum atomic E-state index is 0.0353. The van der Waals surface area contributed by atoms with Gasteiger partial charge in [-0.25, -0.2) is 0 Å². The first-order chi connectivity index (χ1) is 8.25. The lowest BCUT2D eigenvalue weighted by atomic mass is 10.0. The zero-order chi connectivity index (χ0) is 11.7. The Morgan fingerprint density at radius 2 is 2.35 bits per heavy atom. The molecule has 1 N–H and O–H groups in total. The van der Waals surface area contributed by atoms with Crippen LogP contribution >= 0.6 is 11.8 Å². The Balaban J connectivity index is 1.79. The molecule has 0 radical (unpaired) electrons. The van der Waals surface area contributed by atoms with Crippen LogP contribution in [0.3, 0.4) is 0 Å². The van der Waals surface area contributed by atoms with Crippen molar-refractivity contribution in [3.8, 4) is 5.75 Å². The van der Waals surface area contributed by atoms with Crippen molar-refractivity contribution in [2.24, 2.45) is 0 Å². The monoisotopic (exact) mass is 249 g/mol. The summed E-state index contributed by atoms with van der Waals surface area (Å²) in [5.41, 5.74) is 2.73. The molecule has 92 valence electrons. The fourth-order valence-corrected chi connectivity index (χ4v) is 3.87. The van der Waals surface area contributed by atoms with Gasteiger partial charge in [-0.05, 0) is 43.6 Å². The Kier molecular flexibility index (Phi) is 2.95. The van der Waals surface area contributed by atoms with E-state index in [-0.39, 0.29) is 5.60 Å². The van der Waals surface area contributed by atoms with Crippen molar-refractivity contribution in [3.63, 3.8) is 0 Å². The van der Waals surface area contributed by atoms with E-state index in [2.05, 4.69) is 30.4 Å². The van der Waals surface area contributed by atoms with Gasteiger partial charge in [-0.3, -0.25) is 0 Å². The maximum absolute atomic E-state index is 6.17. The van der Waals surface area contributed by atoms with Crippen molar-refractivity contribution >= 4 is 17.4 Å². The molecule has 0 spiro atoms. The first kappa shape index (κ1) is 11.3. The van der Waals surface area contributed by atoms with Crippen molar-refractivity contribution in [3.05, 3.63) is 23.8 Å². The van der Waals surface area contributed by atoms with Gasteiger partial charge in [0.15, 0.2) is 0 Å². The molecule has 3 rings (SSSR count). The van der Waals surface area contributed by atoms with Crippen LogP contribution in [0, 0.1) is 0 Å². The molecular weight excluding hydrogens is 230 g/mol. The second-order valence-electron chi connectivity index (χ2n) is 5.20. The molecule has 1 aromatic carbocycles. The van der Waals surface area contributed by atoms with Crippen LogP contribution in [0.1, 0.15) is 25.3 Å². The molecule has 0 aromatic heterocycles. The average molecular weight is 249 g/mol. The molecule has 1 atom stereocenters. The number of aryl methyl sites for hydroxylation is 1. The fourth-order valence-electron chi connectivity index (χ4n) is 2.52. The van der Waals surface area contributed by atoms with Crippen LogP contribution in [-0.4, -0.2) is 23.7 Å². The van der Waals surface area contributed by atoms with Crippen LogP contribution in [0.2, 0.25) is 0 Å². The number of hydrogen-bond acceptors (Lipinski definition) is 3. The number of hydrogen-bond donors (Lipinski definition) is 1. The third-order valence-corrected chi connectivity index (χ3v) is 4.87. The highest BCUT2D eigenvalue weighted by Crippen LogP contribution is 2.34. The van der Waals surface area contributed by atoms with Gasteiger partial charge >= 0.3 is 0 Å². The van der Waals surface area contributed by atoms with E-state index in [0.717, 1.165) is 24.5 Å². The standard InChI is InChI=1S/C14H19NOS/c1-14(6-8-17-10-14)16-12-5-4-11-3-2-7-15-13(11)9-12/h4-5,9,15H,2-3,6-8,10H2,1H3. The molecule has 17 heavy (non-hydrogen) atoms. The smallest absolute Gasteiger partial charge is 0.122 e. The van der Waals surface area contributed by atoms with Crippen LogP contribution in [0.4, 0.5) is 5.69 Å². The Morgan fingerprint density at radius 3 is 3.18 bits per heavy atom. The Hall–Kier alpha value is -0.830. The highest BCUT2D eigenvalue weighted by molar-refractivity contribution is 7.99. The summed E-state index contributed by atoms with van der Waals surface area (Å²) in [6.45, 7) is 3.31. The summed E-state index contributed by atoms with van der Waals surface area (Å²) < 4.78 is 6.17. The predicted octanol–water partition coefficient (Wildman–Crippen LogP) is 3.32. The average Bonchev–Trinajstić information content (AvgIpc) is 2.76. The zero-order valence-electron chi connectivity index (χ0n) is 10.3. The van der Waals surface area contributed by atoms with E-state index in [4.69, 9.17) is 4.74 Å². The molecule has 1 saturated heterocycles. The number of fused-ring (bicyclic) bond motifs is 1. The van der Waals surface area contributed by atoms with E-state index >= 15 is 0 Å². The van der Waals surface area contributed by atoms with Gasteiger partial charge in [0.2, 0.25) is 0 Å². The molecule has 2 nitrogen and oxygen atoms in total. The largest absolute Gasteiger partial charge is 0.487 e. The van der Waals surface area contributed by atoms with Crippen molar-refractivity contribution in [2.75, 3.05) is 23.4 Å². The van der Waals surface area contributed by atoms with Gasteiger partial charge < -0.3 is 10.1 Å². The van der Waals surface area contributed by atoms with Crippen LogP contribution in [0.15, 0.2) is 18.2 Å². The minimum Gasteiger partial charge on any atom is -0.487 e. The first-order valence-corrected chi connectivity index (χ1v) is 7.54. The topological polar surface area (TPSA) is 21.3 Å². The van der Waals surface area contributed by atoms with E-state index in [1.165, 1.54) is 29.8 Å². The number of thioether (sulfide) groups is 1. The molecule has 0 saturated carbocycles. The summed E-state index contributed by atoms with van der Waals surface area (Å²) in [5, 5.41) is 3.46. The SMILES string of the molecule is CC1(Oc2ccc3c(c2)NCCC3)CCSC1. The van der Waals surface area contributed by atoms with Gasteiger partial charge in [-0.15, -0.1) is 0 Å². The van der Waals surface area contributed by atoms with Gasteiger partial charge in [0.25, 0.3) is 0 Å². The molecule has 2 heterocycles. The van der Waals surface area contributed by atoms with Gasteiger partial charge in [0, 0.05) is 24.1 Å². The second-order valence-corrected chi connectivity index (χ2v) is 6.31. The summed E-state index contributed by atoms with van der Waals surface area (Å²) in [7, 11) is 0. The molecule has 3 heteroatoms. The number of benzene rings is 1. The summed E-state index contributed by atoms with van der Waals surface area (Å²) in [5.74, 6) is 3.35. The predicted molar refractivity (Wildman–Crippen MR) is 74.2 cm³/mol. The van der Waals surface area contributed by atoms with E-state index in [0.29, 0.717) is 0 Å². The quantitative estimate of drug-likeness (QED) is 0.869. The normalized spacial score (nSPS) is 27.4. The third-order valence-electron chi connectivity index (χ3n) is 3.57. The van der Waals surface area contributed by atoms with Gasteiger partial charge in [0.05, 0.1) is 0 Å². The molecule has 2 aliphatic rings. The maximum atomic E-state index is 6.17. The summed E-state index contributed by atoms with van der Waals surface area (Å²) in [4.78, 5) is 0. The van der Waals surface area contributed by atoms with Crippen molar-refractivity contribution in [2.45, 2.75) is 31.8 Å². The molecule has 1 fully saturated rings. The molecule has 0 bridgehead atoms. The summed E-state index contributed by atoms with van der Waals surface area (Å²) in [6, 6.07) is 6.51. The Morgan fingerprint density at radius 1 is 1.41 bits per heavy atom. The fraction of sp³-hybridized carbons (Fsp3) is 0.571. The van der Waals surface area contributed by atoms with Crippen LogP contribution < -0.4 is 10.1 Å². The van der Waals surface area contributed by atoms with Crippen molar-refractivity contribution < 1.29 is 4.74 Å². The number of rotatable bonds is 2. The van der Waals surface area contributed by atoms with Crippen LogP contribution in [-0.2, 0) is 6.42 Å². The van der Waals surface area contributed by atoms with Crippen molar-refractivity contribution in [1.29, 1.82) is 0 Å². The molecular formula is C14H19NOS. The third kappa shape index (κ3) is 2.39. The zero-order valence-corrected chi connectivity index (χ0v) is 11.1. The van der Waals surface area contributed by atoms with Gasteiger partial charge in [0.1, 0.15) is 11.4 Å². The van der Waals surface area contributed by atoms with E-state index in [9.17, 15) is 0 Å².